The van der Waals surface area contributed by atoms with E-state index in [2.05, 4.69) is 9.88 Å². The van der Waals surface area contributed by atoms with Crippen molar-refractivity contribution in [2.75, 3.05) is 6.26 Å². The van der Waals surface area contributed by atoms with Gasteiger partial charge in [-0.1, -0.05) is 12.1 Å². The van der Waals surface area contributed by atoms with Crippen LogP contribution in [0, 0.1) is 13.8 Å². The summed E-state index contributed by atoms with van der Waals surface area (Å²) in [6, 6.07) is 8.28. The Balaban J connectivity index is 2.17. The number of carbonyl (C=O) groups excluding carboxylic acids is 1. The number of hydrogen-bond donors (Lipinski definition) is 1. The van der Waals surface area contributed by atoms with E-state index in [1.165, 1.54) is 6.26 Å². The minimum atomic E-state index is -3.21. The van der Waals surface area contributed by atoms with Crippen LogP contribution in [0.15, 0.2) is 35.2 Å². The van der Waals surface area contributed by atoms with E-state index < -0.39 is 9.84 Å². The van der Waals surface area contributed by atoms with Crippen molar-refractivity contribution >= 4 is 15.7 Å². The summed E-state index contributed by atoms with van der Waals surface area (Å²) in [6.07, 6.45) is 1.18. The molecule has 24 heavy (non-hydrogen) atoms. The molecule has 0 spiro atoms. The average molecular weight is 348 g/mol. The Bertz CT molecular complexity index is 849. The first kappa shape index (κ1) is 18.3. The summed E-state index contributed by atoms with van der Waals surface area (Å²) in [5.41, 5.74) is 3.55. The van der Waals surface area contributed by atoms with Gasteiger partial charge in [0, 0.05) is 24.2 Å². The zero-order valence-corrected chi connectivity index (χ0v) is 15.6. The molecule has 2 rings (SSSR count). The predicted molar refractivity (Wildman–Crippen MR) is 95.0 cm³/mol. The Morgan fingerprint density at radius 2 is 1.79 bits per heavy atom. The van der Waals surface area contributed by atoms with Crippen molar-refractivity contribution in [1.82, 2.24) is 9.88 Å². The first-order valence-corrected chi connectivity index (χ1v) is 9.82. The maximum absolute atomic E-state index is 12.5. The summed E-state index contributed by atoms with van der Waals surface area (Å²) in [7, 11) is -3.21. The molecule has 1 atom stereocenters. The summed E-state index contributed by atoms with van der Waals surface area (Å²) in [5, 5.41) is 2.97. The maximum atomic E-state index is 12.5. The van der Waals surface area contributed by atoms with Gasteiger partial charge in [-0.25, -0.2) is 8.42 Å². The van der Waals surface area contributed by atoms with Crippen molar-refractivity contribution < 1.29 is 13.2 Å². The van der Waals surface area contributed by atoms with Crippen molar-refractivity contribution in [3.63, 3.8) is 0 Å². The fourth-order valence-electron chi connectivity index (χ4n) is 2.88. The lowest BCUT2D eigenvalue weighted by Crippen LogP contribution is -2.27. The van der Waals surface area contributed by atoms with Gasteiger partial charge >= 0.3 is 0 Å². The van der Waals surface area contributed by atoms with Gasteiger partial charge in [-0.05, 0) is 51.5 Å². The van der Waals surface area contributed by atoms with Crippen LogP contribution in [-0.2, 0) is 16.4 Å². The molecule has 130 valence electrons. The SMILES string of the molecule is CCn1c(C)cc(C(=O)NC(C)c2ccc(S(C)(=O)=O)cc2)c1C. The zero-order valence-electron chi connectivity index (χ0n) is 14.8. The van der Waals surface area contributed by atoms with E-state index >= 15 is 0 Å². The second kappa shape index (κ2) is 6.81. The second-order valence-corrected chi connectivity index (χ2v) is 8.08. The monoisotopic (exact) mass is 348 g/mol. The number of carbonyl (C=O) groups is 1. The highest BCUT2D eigenvalue weighted by Crippen LogP contribution is 2.19. The first-order valence-electron chi connectivity index (χ1n) is 7.92. The molecular weight excluding hydrogens is 324 g/mol. The molecule has 1 N–H and O–H groups in total. The van der Waals surface area contributed by atoms with E-state index in [1.54, 1.807) is 24.3 Å². The molecule has 1 heterocycles. The lowest BCUT2D eigenvalue weighted by molar-refractivity contribution is 0.0939. The highest BCUT2D eigenvalue weighted by Gasteiger charge is 2.17. The summed E-state index contributed by atoms with van der Waals surface area (Å²) >= 11 is 0. The summed E-state index contributed by atoms with van der Waals surface area (Å²) < 4.78 is 25.1. The summed E-state index contributed by atoms with van der Waals surface area (Å²) in [4.78, 5) is 12.8. The van der Waals surface area contributed by atoms with Crippen LogP contribution in [0.25, 0.3) is 0 Å². The lowest BCUT2D eigenvalue weighted by Gasteiger charge is -2.15. The van der Waals surface area contributed by atoms with Crippen LogP contribution >= 0.6 is 0 Å². The van der Waals surface area contributed by atoms with Crippen molar-refractivity contribution in [1.29, 1.82) is 0 Å². The second-order valence-electron chi connectivity index (χ2n) is 6.07. The van der Waals surface area contributed by atoms with Gasteiger partial charge in [0.15, 0.2) is 9.84 Å². The van der Waals surface area contributed by atoms with E-state index in [4.69, 9.17) is 0 Å². The first-order chi connectivity index (χ1) is 11.1. The van der Waals surface area contributed by atoms with Crippen molar-refractivity contribution in [2.45, 2.75) is 45.2 Å². The highest BCUT2D eigenvalue weighted by atomic mass is 32.2. The third-order valence-electron chi connectivity index (χ3n) is 4.29. The Hall–Kier alpha value is -2.08. The number of rotatable bonds is 5. The largest absolute Gasteiger partial charge is 0.349 e. The average Bonchev–Trinajstić information content (AvgIpc) is 2.80. The van der Waals surface area contributed by atoms with Crippen LogP contribution in [0.3, 0.4) is 0 Å². The predicted octanol–water partition coefficient (Wildman–Crippen LogP) is 3.02. The molecule has 0 fully saturated rings. The summed E-state index contributed by atoms with van der Waals surface area (Å²) in [6.45, 7) is 8.69. The van der Waals surface area contributed by atoms with Crippen LogP contribution in [-0.4, -0.2) is 25.1 Å². The third-order valence-corrected chi connectivity index (χ3v) is 5.42. The van der Waals surface area contributed by atoms with Crippen LogP contribution in [0.5, 0.6) is 0 Å². The van der Waals surface area contributed by atoms with Crippen LogP contribution in [0.1, 0.15) is 47.2 Å². The molecule has 1 aromatic heterocycles. The molecule has 1 amide bonds. The van der Waals surface area contributed by atoms with Crippen LogP contribution in [0.2, 0.25) is 0 Å². The standard InChI is InChI=1S/C18H24N2O3S/c1-6-20-12(2)11-17(14(20)4)18(21)19-13(3)15-7-9-16(10-8-15)24(5,22)23/h7-11,13H,6H2,1-5H3,(H,19,21). The molecule has 0 aliphatic rings. The Morgan fingerprint density at radius 3 is 2.25 bits per heavy atom. The lowest BCUT2D eigenvalue weighted by atomic mass is 10.1. The van der Waals surface area contributed by atoms with E-state index in [0.717, 1.165) is 23.5 Å². The van der Waals surface area contributed by atoms with Gasteiger partial charge < -0.3 is 9.88 Å². The van der Waals surface area contributed by atoms with Crippen molar-refractivity contribution in [3.05, 3.63) is 52.8 Å². The van der Waals surface area contributed by atoms with E-state index in [-0.39, 0.29) is 16.8 Å². The van der Waals surface area contributed by atoms with Crippen molar-refractivity contribution in [3.8, 4) is 0 Å². The molecule has 0 radical (unpaired) electrons. The molecular formula is C18H24N2O3S. The number of hydrogen-bond acceptors (Lipinski definition) is 3. The Labute approximate surface area is 143 Å². The number of aryl methyl sites for hydroxylation is 1. The zero-order chi connectivity index (χ0) is 18.1. The molecule has 5 nitrogen and oxygen atoms in total. The Morgan fingerprint density at radius 1 is 1.21 bits per heavy atom. The van der Waals surface area contributed by atoms with Gasteiger partial charge in [0.05, 0.1) is 16.5 Å². The fourth-order valence-corrected chi connectivity index (χ4v) is 3.51. The molecule has 1 aromatic carbocycles. The molecule has 1 unspecified atom stereocenters. The third kappa shape index (κ3) is 3.70. The van der Waals surface area contributed by atoms with Gasteiger partial charge in [0.25, 0.3) is 5.91 Å². The number of aromatic nitrogens is 1. The molecule has 0 saturated heterocycles. The van der Waals surface area contributed by atoms with Gasteiger partial charge in [-0.15, -0.1) is 0 Å². The van der Waals surface area contributed by atoms with Gasteiger partial charge in [0.2, 0.25) is 0 Å². The number of amides is 1. The highest BCUT2D eigenvalue weighted by molar-refractivity contribution is 7.90. The molecule has 0 bridgehead atoms. The van der Waals surface area contributed by atoms with E-state index in [0.29, 0.717) is 5.56 Å². The number of benzene rings is 1. The smallest absolute Gasteiger partial charge is 0.253 e. The topological polar surface area (TPSA) is 68.2 Å². The maximum Gasteiger partial charge on any atom is 0.253 e. The molecule has 0 aliphatic heterocycles. The minimum Gasteiger partial charge on any atom is -0.349 e. The quantitative estimate of drug-likeness (QED) is 0.903. The molecule has 0 saturated carbocycles. The number of nitrogens with zero attached hydrogens (tertiary/aromatic N) is 1. The van der Waals surface area contributed by atoms with Gasteiger partial charge in [0.1, 0.15) is 0 Å². The summed E-state index contributed by atoms with van der Waals surface area (Å²) in [5.74, 6) is -0.123. The number of nitrogens with one attached hydrogen (secondary N) is 1. The Kier molecular flexibility index (Phi) is 5.18. The van der Waals surface area contributed by atoms with Gasteiger partial charge in [-0.3, -0.25) is 4.79 Å². The van der Waals surface area contributed by atoms with E-state index in [1.807, 2.05) is 33.8 Å². The molecule has 2 aromatic rings. The van der Waals surface area contributed by atoms with Crippen LogP contribution in [0.4, 0.5) is 0 Å². The van der Waals surface area contributed by atoms with Crippen LogP contribution < -0.4 is 5.32 Å². The molecule has 0 aliphatic carbocycles. The fraction of sp³-hybridized carbons (Fsp3) is 0.389. The minimum absolute atomic E-state index is 0.123. The normalized spacial score (nSPS) is 12.9. The number of sulfone groups is 1. The van der Waals surface area contributed by atoms with Crippen molar-refractivity contribution in [2.24, 2.45) is 0 Å². The molecule has 6 heteroatoms. The van der Waals surface area contributed by atoms with Gasteiger partial charge in [-0.2, -0.15) is 0 Å². The van der Waals surface area contributed by atoms with E-state index in [9.17, 15) is 13.2 Å².